The average Bonchev–Trinajstić information content (AvgIpc) is 3.14. The van der Waals surface area contributed by atoms with Crippen molar-refractivity contribution in [1.82, 2.24) is 5.32 Å². The van der Waals surface area contributed by atoms with E-state index in [1.807, 2.05) is 6.08 Å². The van der Waals surface area contributed by atoms with Crippen LogP contribution in [-0.4, -0.2) is 98.7 Å². The lowest BCUT2D eigenvalue weighted by Crippen LogP contribution is -2.60. The molecular formula is C42H79NO9. The van der Waals surface area contributed by atoms with Crippen molar-refractivity contribution in [2.24, 2.45) is 0 Å². The SMILES string of the molecule is CCCCCCCCC/C=C\CC/C=C/[C@@H](O)[C@H](CO[C@@H]1O[C@H](CO)[C@H](O)[C@H](O)[C@H]1O)NC(=O)[C@H](O)CCCCCCCCCCCCCCCC. The number of allylic oxidation sites excluding steroid dienone is 3. The molecule has 10 heteroatoms. The van der Waals surface area contributed by atoms with Gasteiger partial charge in [-0.15, -0.1) is 0 Å². The number of carbonyl (C=O) groups is 1. The van der Waals surface area contributed by atoms with Crippen LogP contribution in [0.5, 0.6) is 0 Å². The average molecular weight is 742 g/mol. The predicted octanol–water partition coefficient (Wildman–Crippen LogP) is 6.91. The number of aliphatic hydroxyl groups excluding tert-OH is 6. The third-order valence-electron chi connectivity index (χ3n) is 10.1. The van der Waals surface area contributed by atoms with Gasteiger partial charge in [-0.3, -0.25) is 4.79 Å². The largest absolute Gasteiger partial charge is 0.394 e. The lowest BCUT2D eigenvalue weighted by Gasteiger charge is -2.40. The first-order valence-corrected chi connectivity index (χ1v) is 21.2. The van der Waals surface area contributed by atoms with Crippen LogP contribution in [0, 0.1) is 0 Å². The Morgan fingerprint density at radius 3 is 1.67 bits per heavy atom. The molecule has 0 spiro atoms. The quantitative estimate of drug-likeness (QED) is 0.0274. The Hall–Kier alpha value is -1.37. The molecule has 0 unspecified atom stereocenters. The molecular weight excluding hydrogens is 662 g/mol. The van der Waals surface area contributed by atoms with Crippen molar-refractivity contribution < 1.29 is 44.9 Å². The molecule has 1 fully saturated rings. The van der Waals surface area contributed by atoms with Crippen LogP contribution < -0.4 is 5.32 Å². The molecule has 0 saturated carbocycles. The molecule has 1 amide bonds. The number of hydrogen-bond acceptors (Lipinski definition) is 9. The van der Waals surface area contributed by atoms with Gasteiger partial charge in [0.05, 0.1) is 25.4 Å². The molecule has 1 aliphatic rings. The number of aliphatic hydroxyl groups is 6. The van der Waals surface area contributed by atoms with E-state index in [0.29, 0.717) is 19.3 Å². The van der Waals surface area contributed by atoms with Gasteiger partial charge in [0.2, 0.25) is 5.91 Å². The normalized spacial score (nSPS) is 22.7. The summed E-state index contributed by atoms with van der Waals surface area (Å²) in [6.07, 6.45) is 26.9. The molecule has 0 bridgehead atoms. The molecule has 0 aliphatic carbocycles. The van der Waals surface area contributed by atoms with E-state index in [0.717, 1.165) is 32.1 Å². The highest BCUT2D eigenvalue weighted by Crippen LogP contribution is 2.22. The summed E-state index contributed by atoms with van der Waals surface area (Å²) < 4.78 is 11.1. The van der Waals surface area contributed by atoms with Gasteiger partial charge in [0.1, 0.15) is 30.5 Å². The summed E-state index contributed by atoms with van der Waals surface area (Å²) in [6, 6.07) is -0.991. The Morgan fingerprint density at radius 2 is 1.13 bits per heavy atom. The summed E-state index contributed by atoms with van der Waals surface area (Å²) in [6.45, 7) is 3.56. The first kappa shape index (κ1) is 48.6. The second kappa shape index (κ2) is 33.0. The maximum atomic E-state index is 13.0. The molecule has 52 heavy (non-hydrogen) atoms. The molecule has 0 aromatic rings. The fourth-order valence-corrected chi connectivity index (χ4v) is 6.59. The van der Waals surface area contributed by atoms with Crippen molar-refractivity contribution in [3.05, 3.63) is 24.3 Å². The fourth-order valence-electron chi connectivity index (χ4n) is 6.59. The number of ether oxygens (including phenoxy) is 2. The maximum Gasteiger partial charge on any atom is 0.249 e. The van der Waals surface area contributed by atoms with E-state index in [1.165, 1.54) is 109 Å². The van der Waals surface area contributed by atoms with Crippen LogP contribution in [0.25, 0.3) is 0 Å². The van der Waals surface area contributed by atoms with Crippen LogP contribution in [-0.2, 0) is 14.3 Å². The molecule has 1 heterocycles. The molecule has 1 saturated heterocycles. The zero-order chi connectivity index (χ0) is 38.2. The highest BCUT2D eigenvalue weighted by molar-refractivity contribution is 5.80. The van der Waals surface area contributed by atoms with E-state index in [1.54, 1.807) is 6.08 Å². The molecule has 7 N–H and O–H groups in total. The van der Waals surface area contributed by atoms with Gasteiger partial charge >= 0.3 is 0 Å². The number of amides is 1. The number of carbonyl (C=O) groups excluding carboxylic acids is 1. The number of rotatable bonds is 34. The van der Waals surface area contributed by atoms with Crippen LogP contribution in [0.1, 0.15) is 174 Å². The Morgan fingerprint density at radius 1 is 0.654 bits per heavy atom. The summed E-state index contributed by atoms with van der Waals surface area (Å²) in [4.78, 5) is 13.0. The van der Waals surface area contributed by atoms with Crippen LogP contribution >= 0.6 is 0 Å². The smallest absolute Gasteiger partial charge is 0.249 e. The molecule has 8 atom stereocenters. The van der Waals surface area contributed by atoms with Crippen molar-refractivity contribution in [3.63, 3.8) is 0 Å². The summed E-state index contributed by atoms with van der Waals surface area (Å²) in [7, 11) is 0. The van der Waals surface area contributed by atoms with Crippen molar-refractivity contribution in [2.45, 2.75) is 223 Å². The summed E-state index contributed by atoms with van der Waals surface area (Å²) >= 11 is 0. The van der Waals surface area contributed by atoms with Crippen LogP contribution in [0.4, 0.5) is 0 Å². The Labute approximate surface area is 316 Å². The van der Waals surface area contributed by atoms with Crippen LogP contribution in [0.2, 0.25) is 0 Å². The van der Waals surface area contributed by atoms with Gasteiger partial charge in [0.15, 0.2) is 6.29 Å². The van der Waals surface area contributed by atoms with Crippen LogP contribution in [0.15, 0.2) is 24.3 Å². The summed E-state index contributed by atoms with van der Waals surface area (Å²) in [5.41, 5.74) is 0. The number of hydrogen-bond donors (Lipinski definition) is 7. The van der Waals surface area contributed by atoms with Gasteiger partial charge in [-0.1, -0.05) is 167 Å². The zero-order valence-corrected chi connectivity index (χ0v) is 32.9. The third-order valence-corrected chi connectivity index (χ3v) is 10.1. The molecule has 0 aromatic heterocycles. The summed E-state index contributed by atoms with van der Waals surface area (Å²) in [5, 5.41) is 64.4. The molecule has 1 aliphatic heterocycles. The minimum absolute atomic E-state index is 0.307. The van der Waals surface area contributed by atoms with E-state index in [4.69, 9.17) is 9.47 Å². The predicted molar refractivity (Wildman–Crippen MR) is 209 cm³/mol. The Bertz CT molecular complexity index is 886. The standard InChI is InChI=1S/C42H79NO9/c1-3-5-7-9-11-13-15-17-19-21-23-25-27-29-31-36(46)41(50)43-34(33-51-42-40(49)39(48)38(47)37(32-44)52-42)35(45)30-28-26-24-22-20-18-16-14-12-10-8-6-4-2/h20,22,28,30,34-40,42,44-49H,3-19,21,23-27,29,31-33H2,1-2H3,(H,43,50)/b22-20-,30-28+/t34-,35+,36+,37+,38-,39-,40+,42+/m0/s1. The van der Waals surface area contributed by atoms with Crippen molar-refractivity contribution in [1.29, 1.82) is 0 Å². The highest BCUT2D eigenvalue weighted by Gasteiger charge is 2.44. The fraction of sp³-hybridized carbons (Fsp3) is 0.881. The van der Waals surface area contributed by atoms with Gasteiger partial charge < -0.3 is 45.4 Å². The van der Waals surface area contributed by atoms with Crippen molar-refractivity contribution >= 4 is 5.91 Å². The van der Waals surface area contributed by atoms with Crippen molar-refractivity contribution in [2.75, 3.05) is 13.2 Å². The van der Waals surface area contributed by atoms with Crippen LogP contribution in [0.3, 0.4) is 0 Å². The summed E-state index contributed by atoms with van der Waals surface area (Å²) in [5.74, 6) is -0.627. The minimum Gasteiger partial charge on any atom is -0.394 e. The van der Waals surface area contributed by atoms with E-state index < -0.39 is 61.5 Å². The first-order valence-electron chi connectivity index (χ1n) is 21.2. The maximum absolute atomic E-state index is 13.0. The van der Waals surface area contributed by atoms with E-state index in [-0.39, 0.29) is 6.61 Å². The van der Waals surface area contributed by atoms with Gasteiger partial charge in [0.25, 0.3) is 0 Å². The lowest BCUT2D eigenvalue weighted by atomic mass is 9.99. The molecule has 0 aromatic carbocycles. The Kier molecular flexibility index (Phi) is 30.9. The second-order valence-corrected chi connectivity index (χ2v) is 14.9. The highest BCUT2D eigenvalue weighted by atomic mass is 16.7. The van der Waals surface area contributed by atoms with E-state index >= 15 is 0 Å². The van der Waals surface area contributed by atoms with E-state index in [2.05, 4.69) is 31.3 Å². The van der Waals surface area contributed by atoms with E-state index in [9.17, 15) is 35.4 Å². The third kappa shape index (κ3) is 23.4. The molecule has 306 valence electrons. The molecule has 10 nitrogen and oxygen atoms in total. The lowest BCUT2D eigenvalue weighted by molar-refractivity contribution is -0.302. The number of nitrogens with one attached hydrogen (secondary N) is 1. The van der Waals surface area contributed by atoms with Gasteiger partial charge in [0, 0.05) is 0 Å². The van der Waals surface area contributed by atoms with Crippen molar-refractivity contribution in [3.8, 4) is 0 Å². The van der Waals surface area contributed by atoms with Gasteiger partial charge in [-0.25, -0.2) is 0 Å². The monoisotopic (exact) mass is 742 g/mol. The molecule has 0 radical (unpaired) electrons. The Balaban J connectivity index is 2.50. The molecule has 1 rings (SSSR count). The minimum atomic E-state index is -1.61. The second-order valence-electron chi connectivity index (χ2n) is 14.9. The van der Waals surface area contributed by atoms with Gasteiger partial charge in [-0.05, 0) is 32.1 Å². The topological polar surface area (TPSA) is 169 Å². The first-order chi connectivity index (χ1) is 25.3. The zero-order valence-electron chi connectivity index (χ0n) is 32.9. The number of unbranched alkanes of at least 4 members (excludes halogenated alkanes) is 21. The van der Waals surface area contributed by atoms with Gasteiger partial charge in [-0.2, -0.15) is 0 Å².